The molecule has 0 fully saturated rings. The second kappa shape index (κ2) is 8.99. The zero-order chi connectivity index (χ0) is 22.8. The van der Waals surface area contributed by atoms with E-state index in [1.165, 1.54) is 24.3 Å². The summed E-state index contributed by atoms with van der Waals surface area (Å²) in [4.78, 5) is 36.8. The summed E-state index contributed by atoms with van der Waals surface area (Å²) in [5.41, 5.74) is -4.29. The van der Waals surface area contributed by atoms with Gasteiger partial charge in [0.05, 0.1) is 11.1 Å². The molecular weight excluding hydrogens is 435 g/mol. The summed E-state index contributed by atoms with van der Waals surface area (Å²) in [6.07, 6.45) is 0.261. The molecule has 0 saturated carbocycles. The Morgan fingerprint density at radius 2 is 1.84 bits per heavy atom. The first-order valence-electron chi connectivity index (χ1n) is 9.20. The van der Waals surface area contributed by atoms with E-state index in [4.69, 9.17) is 4.74 Å². The highest BCUT2D eigenvalue weighted by Gasteiger charge is 2.39. The molecule has 0 aliphatic carbocycles. The second-order valence-corrected chi connectivity index (χ2v) is 7.33. The van der Waals surface area contributed by atoms with Gasteiger partial charge in [0, 0.05) is 17.4 Å². The summed E-state index contributed by atoms with van der Waals surface area (Å²) >= 11 is -0.945. The second-order valence-electron chi connectivity index (χ2n) is 6.55. The summed E-state index contributed by atoms with van der Waals surface area (Å²) in [5, 5.41) is 0.840. The molecular formula is C21H16F3NO5S. The minimum atomic E-state index is -4.79. The lowest BCUT2D eigenvalue weighted by Gasteiger charge is -2.25. The van der Waals surface area contributed by atoms with Gasteiger partial charge in [0.1, 0.15) is 12.0 Å². The number of carbonyl (C=O) groups is 3. The zero-order valence-corrected chi connectivity index (χ0v) is 17.2. The van der Waals surface area contributed by atoms with E-state index in [0.717, 1.165) is 0 Å². The molecule has 2 aromatic rings. The standard InChI is InChI=1S/C21H16F3NO5S/c1-3-5-17(26)29-12(2)8-9-13-10-11-16-18-14(13)6-4-7-15(18)19(27)25(20(16)28)30-31-21(22,23)24/h4,6-7,10-12H,3,5H2,1-2H3. The average molecular weight is 451 g/mol. The Bertz CT molecular complexity index is 1100. The topological polar surface area (TPSA) is 72.9 Å². The Morgan fingerprint density at radius 3 is 2.48 bits per heavy atom. The van der Waals surface area contributed by atoms with Crippen molar-refractivity contribution in [2.75, 3.05) is 0 Å². The van der Waals surface area contributed by atoms with Crippen LogP contribution < -0.4 is 0 Å². The Morgan fingerprint density at radius 1 is 1.16 bits per heavy atom. The zero-order valence-electron chi connectivity index (χ0n) is 16.4. The van der Waals surface area contributed by atoms with Gasteiger partial charge in [0.2, 0.25) is 0 Å². The summed E-state index contributed by atoms with van der Waals surface area (Å²) in [6.45, 7) is 3.47. The predicted molar refractivity (Wildman–Crippen MR) is 107 cm³/mol. The van der Waals surface area contributed by atoms with Crippen LogP contribution in [0, 0.1) is 11.8 Å². The van der Waals surface area contributed by atoms with Gasteiger partial charge in [-0.2, -0.15) is 17.5 Å². The number of alkyl halides is 3. The minimum absolute atomic E-state index is 0.0148. The number of imide groups is 1. The number of benzene rings is 2. The van der Waals surface area contributed by atoms with E-state index in [2.05, 4.69) is 16.1 Å². The van der Waals surface area contributed by atoms with Gasteiger partial charge >= 0.3 is 11.5 Å². The van der Waals surface area contributed by atoms with E-state index in [0.29, 0.717) is 17.4 Å². The van der Waals surface area contributed by atoms with Crippen LogP contribution in [-0.4, -0.2) is 34.5 Å². The molecule has 0 bridgehead atoms. The fraction of sp³-hybridized carbons (Fsp3) is 0.286. The van der Waals surface area contributed by atoms with Crippen LogP contribution in [0.25, 0.3) is 10.8 Å². The van der Waals surface area contributed by atoms with Gasteiger partial charge in [-0.25, -0.2) is 0 Å². The van der Waals surface area contributed by atoms with Crippen LogP contribution in [-0.2, 0) is 13.8 Å². The maximum absolute atomic E-state index is 12.6. The summed E-state index contributed by atoms with van der Waals surface area (Å²) in [6, 6.07) is 7.44. The van der Waals surface area contributed by atoms with Crippen LogP contribution in [0.4, 0.5) is 13.2 Å². The van der Waals surface area contributed by atoms with Crippen LogP contribution in [0.3, 0.4) is 0 Å². The lowest BCUT2D eigenvalue weighted by Crippen LogP contribution is -2.39. The van der Waals surface area contributed by atoms with Crippen LogP contribution >= 0.6 is 12.0 Å². The summed E-state index contributed by atoms with van der Waals surface area (Å²) in [7, 11) is 0. The molecule has 2 aromatic carbocycles. The normalized spacial score (nSPS) is 14.3. The fourth-order valence-electron chi connectivity index (χ4n) is 3.00. The van der Waals surface area contributed by atoms with Gasteiger partial charge < -0.3 is 4.74 Å². The third-order valence-corrected chi connectivity index (χ3v) is 4.66. The van der Waals surface area contributed by atoms with E-state index in [-0.39, 0.29) is 34.0 Å². The van der Waals surface area contributed by atoms with Crippen LogP contribution in [0.5, 0.6) is 0 Å². The first kappa shape index (κ1) is 22.7. The van der Waals surface area contributed by atoms with Gasteiger partial charge in [0.15, 0.2) is 6.10 Å². The molecule has 2 amide bonds. The van der Waals surface area contributed by atoms with E-state index >= 15 is 0 Å². The third kappa shape index (κ3) is 5.00. The quantitative estimate of drug-likeness (QED) is 0.286. The van der Waals surface area contributed by atoms with Crippen molar-refractivity contribution in [3.63, 3.8) is 0 Å². The molecule has 162 valence electrons. The molecule has 31 heavy (non-hydrogen) atoms. The molecule has 1 aliphatic heterocycles. The molecule has 1 heterocycles. The molecule has 0 N–H and O–H groups in total. The number of ether oxygens (including phenoxy) is 1. The van der Waals surface area contributed by atoms with Crippen molar-refractivity contribution in [1.82, 2.24) is 5.06 Å². The number of amides is 2. The first-order chi connectivity index (χ1) is 14.6. The molecule has 1 atom stereocenters. The molecule has 1 unspecified atom stereocenters. The number of hydrogen-bond acceptors (Lipinski definition) is 6. The van der Waals surface area contributed by atoms with Gasteiger partial charge in [-0.3, -0.25) is 14.4 Å². The molecule has 6 nitrogen and oxygen atoms in total. The number of halogens is 3. The molecule has 10 heteroatoms. The number of esters is 1. The summed E-state index contributed by atoms with van der Waals surface area (Å²) in [5.74, 6) is 3.29. The molecule has 0 spiro atoms. The summed E-state index contributed by atoms with van der Waals surface area (Å²) < 4.78 is 46.9. The average Bonchev–Trinajstić information content (AvgIpc) is 2.69. The van der Waals surface area contributed by atoms with E-state index in [9.17, 15) is 27.6 Å². The molecule has 0 aromatic heterocycles. The van der Waals surface area contributed by atoms with E-state index in [1.54, 1.807) is 13.0 Å². The number of carbonyl (C=O) groups excluding carboxylic acids is 3. The number of hydroxylamine groups is 2. The van der Waals surface area contributed by atoms with Crippen molar-refractivity contribution in [3.05, 3.63) is 47.0 Å². The fourth-order valence-corrected chi connectivity index (χ4v) is 3.29. The molecule has 1 aliphatic rings. The van der Waals surface area contributed by atoms with Crippen molar-refractivity contribution in [1.29, 1.82) is 0 Å². The molecule has 0 radical (unpaired) electrons. The molecule has 3 rings (SSSR count). The maximum atomic E-state index is 12.6. The van der Waals surface area contributed by atoms with Crippen molar-refractivity contribution < 1.29 is 36.6 Å². The maximum Gasteiger partial charge on any atom is 0.470 e. The Balaban J connectivity index is 1.95. The van der Waals surface area contributed by atoms with Gasteiger partial charge in [-0.05, 0) is 36.9 Å². The number of nitrogens with zero attached hydrogens (tertiary/aromatic N) is 1. The lowest BCUT2D eigenvalue weighted by atomic mass is 9.92. The minimum Gasteiger partial charge on any atom is -0.449 e. The van der Waals surface area contributed by atoms with E-state index in [1.807, 2.05) is 6.92 Å². The largest absolute Gasteiger partial charge is 0.470 e. The van der Waals surface area contributed by atoms with Gasteiger partial charge in [-0.1, -0.05) is 30.9 Å². The monoisotopic (exact) mass is 451 g/mol. The Labute approximate surface area is 179 Å². The number of hydrogen-bond donors (Lipinski definition) is 0. The highest BCUT2D eigenvalue weighted by atomic mass is 32.2. The van der Waals surface area contributed by atoms with Gasteiger partial charge in [0.25, 0.3) is 11.8 Å². The van der Waals surface area contributed by atoms with Gasteiger partial charge in [-0.15, -0.1) is 5.06 Å². The first-order valence-corrected chi connectivity index (χ1v) is 9.94. The third-order valence-electron chi connectivity index (χ3n) is 4.25. The highest BCUT2D eigenvalue weighted by Crippen LogP contribution is 2.36. The Kier molecular flexibility index (Phi) is 6.57. The lowest BCUT2D eigenvalue weighted by molar-refractivity contribution is -0.145. The van der Waals surface area contributed by atoms with Crippen molar-refractivity contribution in [2.45, 2.75) is 38.3 Å². The highest BCUT2D eigenvalue weighted by molar-refractivity contribution is 7.95. The van der Waals surface area contributed by atoms with Crippen molar-refractivity contribution in [3.8, 4) is 11.8 Å². The predicted octanol–water partition coefficient (Wildman–Crippen LogP) is 4.62. The van der Waals surface area contributed by atoms with Crippen LogP contribution in [0.1, 0.15) is 53.0 Å². The smallest absolute Gasteiger partial charge is 0.449 e. The van der Waals surface area contributed by atoms with Crippen molar-refractivity contribution in [2.24, 2.45) is 0 Å². The van der Waals surface area contributed by atoms with E-state index < -0.39 is 35.5 Å². The van der Waals surface area contributed by atoms with Crippen molar-refractivity contribution >= 4 is 40.6 Å². The molecule has 0 saturated heterocycles. The Hall–Kier alpha value is -3.03. The van der Waals surface area contributed by atoms with Crippen LogP contribution in [0.2, 0.25) is 0 Å². The van der Waals surface area contributed by atoms with Crippen LogP contribution in [0.15, 0.2) is 30.3 Å². The SMILES string of the molecule is CCCC(=O)OC(C)C#Cc1ccc2c3c(cccc13)C(=O)N(OSC(F)(F)F)C2=O. The number of rotatable bonds is 5.